The van der Waals surface area contributed by atoms with E-state index in [-0.39, 0.29) is 23.0 Å². The zero-order chi connectivity index (χ0) is 19.3. The molecule has 0 saturated carbocycles. The van der Waals surface area contributed by atoms with E-state index >= 15 is 0 Å². The number of nitrogens with zero attached hydrogens (tertiary/aromatic N) is 2. The second kappa shape index (κ2) is 8.83. The minimum absolute atomic E-state index is 0.00835. The van der Waals surface area contributed by atoms with E-state index < -0.39 is 0 Å². The number of carbonyl (C=O) groups excluding carboxylic acids is 2. The quantitative estimate of drug-likeness (QED) is 0.767. The van der Waals surface area contributed by atoms with Gasteiger partial charge >= 0.3 is 0 Å². The number of rotatable bonds is 6. The first kappa shape index (κ1) is 19.8. The van der Waals surface area contributed by atoms with Crippen LogP contribution in [-0.2, 0) is 20.7 Å². The molecule has 148 valence electrons. The number of likely N-dealkylation sites (tertiary alicyclic amines) is 2. The Morgan fingerprint density at radius 3 is 2.93 bits per heavy atom. The summed E-state index contributed by atoms with van der Waals surface area (Å²) in [5, 5.41) is 0. The van der Waals surface area contributed by atoms with Crippen LogP contribution in [0.25, 0.3) is 0 Å². The van der Waals surface area contributed by atoms with Gasteiger partial charge < -0.3 is 14.5 Å². The molecule has 2 amide bonds. The van der Waals surface area contributed by atoms with Crippen molar-refractivity contribution in [1.29, 1.82) is 0 Å². The first-order valence-corrected chi connectivity index (χ1v) is 9.80. The molecule has 2 heterocycles. The van der Waals surface area contributed by atoms with Crippen molar-refractivity contribution in [3.63, 3.8) is 0 Å². The lowest BCUT2D eigenvalue weighted by Gasteiger charge is -2.48. The van der Waals surface area contributed by atoms with Gasteiger partial charge in [-0.3, -0.25) is 9.59 Å². The van der Waals surface area contributed by atoms with Crippen molar-refractivity contribution in [2.24, 2.45) is 5.41 Å². The molecule has 0 bridgehead atoms. The van der Waals surface area contributed by atoms with Crippen molar-refractivity contribution in [3.05, 3.63) is 35.6 Å². The van der Waals surface area contributed by atoms with Gasteiger partial charge in [0.1, 0.15) is 5.82 Å². The van der Waals surface area contributed by atoms with Gasteiger partial charge in [0, 0.05) is 51.5 Å². The Balaban J connectivity index is 1.58. The van der Waals surface area contributed by atoms with Crippen LogP contribution >= 0.6 is 0 Å². The summed E-state index contributed by atoms with van der Waals surface area (Å²) in [6, 6.07) is 6.44. The lowest BCUT2D eigenvalue weighted by atomic mass is 9.73. The summed E-state index contributed by atoms with van der Waals surface area (Å²) < 4.78 is 18.4. The molecule has 2 aliphatic rings. The van der Waals surface area contributed by atoms with E-state index in [0.717, 1.165) is 31.4 Å². The van der Waals surface area contributed by atoms with Gasteiger partial charge in [-0.15, -0.1) is 0 Å². The molecule has 0 aromatic heterocycles. The Hall–Kier alpha value is -1.95. The van der Waals surface area contributed by atoms with E-state index in [1.165, 1.54) is 12.1 Å². The largest absolute Gasteiger partial charge is 0.383 e. The number of ether oxygens (including phenoxy) is 1. The molecule has 2 saturated heterocycles. The summed E-state index contributed by atoms with van der Waals surface area (Å²) in [5.41, 5.74) is 0.859. The van der Waals surface area contributed by atoms with Gasteiger partial charge in [-0.05, 0) is 43.4 Å². The second-order valence-electron chi connectivity index (χ2n) is 7.86. The molecule has 2 fully saturated rings. The van der Waals surface area contributed by atoms with E-state index in [2.05, 4.69) is 0 Å². The van der Waals surface area contributed by atoms with Crippen LogP contribution in [0.15, 0.2) is 24.3 Å². The highest BCUT2D eigenvalue weighted by Crippen LogP contribution is 2.39. The molecular weight excluding hydrogens is 347 g/mol. The summed E-state index contributed by atoms with van der Waals surface area (Å²) in [7, 11) is 1.64. The van der Waals surface area contributed by atoms with Crippen molar-refractivity contribution in [3.8, 4) is 0 Å². The van der Waals surface area contributed by atoms with E-state index in [1.807, 2.05) is 15.9 Å². The highest BCUT2D eigenvalue weighted by Gasteiger charge is 2.42. The van der Waals surface area contributed by atoms with Crippen LogP contribution in [0.5, 0.6) is 0 Å². The molecule has 1 unspecified atom stereocenters. The molecule has 1 spiro atoms. The third-order valence-electron chi connectivity index (χ3n) is 5.84. The van der Waals surface area contributed by atoms with Crippen LogP contribution in [0.2, 0.25) is 0 Å². The van der Waals surface area contributed by atoms with E-state index in [4.69, 9.17) is 4.74 Å². The monoisotopic (exact) mass is 376 g/mol. The minimum atomic E-state index is -0.264. The normalized spacial score (nSPS) is 23.1. The van der Waals surface area contributed by atoms with Crippen molar-refractivity contribution in [1.82, 2.24) is 9.80 Å². The fourth-order valence-corrected chi connectivity index (χ4v) is 4.36. The Morgan fingerprint density at radius 2 is 2.15 bits per heavy atom. The van der Waals surface area contributed by atoms with Crippen LogP contribution in [0.1, 0.15) is 37.7 Å². The fourth-order valence-electron chi connectivity index (χ4n) is 4.36. The number of halogens is 1. The number of benzene rings is 1. The van der Waals surface area contributed by atoms with E-state index in [1.54, 1.807) is 13.2 Å². The third-order valence-corrected chi connectivity index (χ3v) is 5.84. The predicted molar refractivity (Wildman–Crippen MR) is 101 cm³/mol. The Kier molecular flexibility index (Phi) is 6.47. The van der Waals surface area contributed by atoms with Crippen LogP contribution in [0, 0.1) is 11.2 Å². The lowest BCUT2D eigenvalue weighted by Crippen LogP contribution is -2.55. The first-order chi connectivity index (χ1) is 13.0. The summed E-state index contributed by atoms with van der Waals surface area (Å²) in [6.07, 6.45) is 4.37. The predicted octanol–water partition coefficient (Wildman–Crippen LogP) is 2.64. The molecule has 0 N–H and O–H groups in total. The number of hydrogen-bond acceptors (Lipinski definition) is 3. The highest BCUT2D eigenvalue weighted by atomic mass is 19.1. The smallest absolute Gasteiger partial charge is 0.222 e. The van der Waals surface area contributed by atoms with Gasteiger partial charge in [-0.2, -0.15) is 0 Å². The van der Waals surface area contributed by atoms with Crippen LogP contribution in [0.4, 0.5) is 4.39 Å². The molecule has 5 nitrogen and oxygen atoms in total. The Bertz CT molecular complexity index is 681. The molecule has 27 heavy (non-hydrogen) atoms. The Labute approximate surface area is 160 Å². The summed E-state index contributed by atoms with van der Waals surface area (Å²) in [4.78, 5) is 28.8. The molecule has 2 aliphatic heterocycles. The molecule has 6 heteroatoms. The molecule has 3 rings (SSSR count). The zero-order valence-electron chi connectivity index (χ0n) is 16.1. The van der Waals surface area contributed by atoms with Crippen LogP contribution in [-0.4, -0.2) is 61.5 Å². The standard InChI is InChI=1S/C21H29FN2O3/c1-27-13-12-24-16-21(10-8-20(24)26)9-3-11-23(15-21)19(25)7-6-17-4-2-5-18(22)14-17/h2,4-5,14H,3,6-13,15-16H2,1H3. The van der Waals surface area contributed by atoms with Gasteiger partial charge in [-0.25, -0.2) is 4.39 Å². The molecule has 0 radical (unpaired) electrons. The van der Waals surface area contributed by atoms with Gasteiger partial charge in [0.25, 0.3) is 0 Å². The van der Waals surface area contributed by atoms with Gasteiger partial charge in [-0.1, -0.05) is 12.1 Å². The SMILES string of the molecule is COCCN1CC2(CCCN(C(=O)CCc3cccc(F)c3)C2)CCC1=O. The average molecular weight is 376 g/mol. The van der Waals surface area contributed by atoms with Gasteiger partial charge in [0.05, 0.1) is 6.61 Å². The van der Waals surface area contributed by atoms with Crippen LogP contribution in [0.3, 0.4) is 0 Å². The fraction of sp³-hybridized carbons (Fsp3) is 0.619. The number of aryl methyl sites for hydroxylation is 1. The van der Waals surface area contributed by atoms with Gasteiger partial charge in [0.15, 0.2) is 0 Å². The molecule has 1 atom stereocenters. The maximum absolute atomic E-state index is 13.3. The van der Waals surface area contributed by atoms with E-state index in [0.29, 0.717) is 45.5 Å². The molecule has 1 aromatic rings. The summed E-state index contributed by atoms with van der Waals surface area (Å²) >= 11 is 0. The second-order valence-corrected chi connectivity index (χ2v) is 7.86. The van der Waals surface area contributed by atoms with Gasteiger partial charge in [0.2, 0.25) is 11.8 Å². The number of carbonyl (C=O) groups is 2. The van der Waals surface area contributed by atoms with Crippen molar-refractivity contribution in [2.75, 3.05) is 39.9 Å². The summed E-state index contributed by atoms with van der Waals surface area (Å²) in [6.45, 7) is 3.35. The van der Waals surface area contributed by atoms with E-state index in [9.17, 15) is 14.0 Å². The topological polar surface area (TPSA) is 49.9 Å². The lowest BCUT2D eigenvalue weighted by molar-refractivity contribution is -0.143. The Morgan fingerprint density at radius 1 is 1.30 bits per heavy atom. The molecule has 1 aromatic carbocycles. The molecule has 0 aliphatic carbocycles. The van der Waals surface area contributed by atoms with Crippen molar-refractivity contribution < 1.29 is 18.7 Å². The van der Waals surface area contributed by atoms with Crippen LogP contribution < -0.4 is 0 Å². The zero-order valence-corrected chi connectivity index (χ0v) is 16.1. The number of hydrogen-bond donors (Lipinski definition) is 0. The maximum Gasteiger partial charge on any atom is 0.222 e. The molecular formula is C21H29FN2O3. The number of methoxy groups -OCH3 is 1. The number of amides is 2. The minimum Gasteiger partial charge on any atom is -0.383 e. The van der Waals surface area contributed by atoms with Crippen molar-refractivity contribution >= 4 is 11.8 Å². The summed E-state index contributed by atoms with van der Waals surface area (Å²) in [5.74, 6) is 0.0470. The highest BCUT2D eigenvalue weighted by molar-refractivity contribution is 5.78. The third kappa shape index (κ3) is 5.06. The number of piperidine rings is 2. The average Bonchev–Trinajstić information content (AvgIpc) is 2.67. The van der Waals surface area contributed by atoms with Crippen molar-refractivity contribution in [2.45, 2.75) is 38.5 Å². The maximum atomic E-state index is 13.3. The first-order valence-electron chi connectivity index (χ1n) is 9.80.